The van der Waals surface area contributed by atoms with Gasteiger partial charge in [-0.25, -0.2) is 8.78 Å². The van der Waals surface area contributed by atoms with Gasteiger partial charge in [0, 0.05) is 7.11 Å². The first kappa shape index (κ1) is 7.42. The first-order valence-corrected chi connectivity index (χ1v) is 1.85. The van der Waals surface area contributed by atoms with Crippen LogP contribution in [0.2, 0.25) is 0 Å². The van der Waals surface area contributed by atoms with Gasteiger partial charge in [0.15, 0.2) is 0 Å². The summed E-state index contributed by atoms with van der Waals surface area (Å²) in [5.41, 5.74) is 0. The van der Waals surface area contributed by atoms with Gasteiger partial charge in [-0.05, 0) is 5.18 Å². The summed E-state index contributed by atoms with van der Waals surface area (Å²) < 4.78 is 26.5. The van der Waals surface area contributed by atoms with Crippen molar-refractivity contribution in [1.82, 2.24) is 0 Å². The second-order valence-corrected chi connectivity index (χ2v) is 1.07. The zero-order valence-electron chi connectivity index (χ0n) is 4.17. The van der Waals surface area contributed by atoms with E-state index >= 15 is 0 Å². The number of hydrogen-bond donors (Lipinski definition) is 0. The van der Waals surface area contributed by atoms with Gasteiger partial charge in [0.1, 0.15) is 0 Å². The minimum Gasteiger partial charge on any atom is -0.352 e. The molecule has 0 radical (unpaired) electrons. The molecule has 0 aromatic rings. The molecule has 0 aromatic carbocycles. The second-order valence-electron chi connectivity index (χ2n) is 1.07. The standard InChI is InChI=1S/C3H5F2NO2/c1-8-3(6-7)2(4)5/h2-3H,1H3. The monoisotopic (exact) mass is 125 g/mol. The van der Waals surface area contributed by atoms with Crippen LogP contribution < -0.4 is 0 Å². The van der Waals surface area contributed by atoms with Crippen LogP contribution in [0.5, 0.6) is 0 Å². The van der Waals surface area contributed by atoms with Crippen LogP contribution in [0.1, 0.15) is 0 Å². The average Bonchev–Trinajstić information content (AvgIpc) is 1.69. The van der Waals surface area contributed by atoms with Gasteiger partial charge in [-0.3, -0.25) is 0 Å². The third-order valence-electron chi connectivity index (χ3n) is 0.561. The summed E-state index contributed by atoms with van der Waals surface area (Å²) in [5.74, 6) is 0. The molecule has 0 amide bonds. The number of halogens is 2. The quantitative estimate of drug-likeness (QED) is 0.527. The third kappa shape index (κ3) is 1.92. The van der Waals surface area contributed by atoms with Crippen molar-refractivity contribution < 1.29 is 13.5 Å². The highest BCUT2D eigenvalue weighted by atomic mass is 19.3. The number of alkyl halides is 2. The number of methoxy groups -OCH3 is 1. The summed E-state index contributed by atoms with van der Waals surface area (Å²) in [6.07, 6.45) is -4.63. The fraction of sp³-hybridized carbons (Fsp3) is 1.00. The van der Waals surface area contributed by atoms with Gasteiger partial charge in [0.2, 0.25) is 0 Å². The highest BCUT2D eigenvalue weighted by Crippen LogP contribution is 2.03. The number of hydrogen-bond acceptors (Lipinski definition) is 3. The van der Waals surface area contributed by atoms with Gasteiger partial charge in [-0.1, -0.05) is 0 Å². The first-order chi connectivity index (χ1) is 3.72. The van der Waals surface area contributed by atoms with Crippen molar-refractivity contribution in [3.63, 3.8) is 0 Å². The smallest absolute Gasteiger partial charge is 0.287 e. The second kappa shape index (κ2) is 3.43. The van der Waals surface area contributed by atoms with Crippen molar-refractivity contribution in [3.05, 3.63) is 4.91 Å². The van der Waals surface area contributed by atoms with Gasteiger partial charge in [0.05, 0.1) is 0 Å². The van der Waals surface area contributed by atoms with Gasteiger partial charge < -0.3 is 4.74 Å². The van der Waals surface area contributed by atoms with Crippen molar-refractivity contribution in [2.75, 3.05) is 7.11 Å². The average molecular weight is 125 g/mol. The molecule has 0 aliphatic rings. The molecule has 1 unspecified atom stereocenters. The Morgan fingerprint density at radius 1 is 1.62 bits per heavy atom. The Morgan fingerprint density at radius 2 is 2.12 bits per heavy atom. The summed E-state index contributed by atoms with van der Waals surface area (Å²) in [5, 5.41) is 1.98. The van der Waals surface area contributed by atoms with E-state index in [1.807, 2.05) is 5.18 Å². The molecule has 0 N–H and O–H groups in total. The van der Waals surface area contributed by atoms with E-state index in [0.717, 1.165) is 7.11 Å². The van der Waals surface area contributed by atoms with E-state index < -0.39 is 12.7 Å². The molecule has 0 heterocycles. The van der Waals surface area contributed by atoms with Crippen molar-refractivity contribution in [2.45, 2.75) is 12.7 Å². The van der Waals surface area contributed by atoms with E-state index in [2.05, 4.69) is 4.74 Å². The fourth-order valence-electron chi connectivity index (χ4n) is 0.192. The van der Waals surface area contributed by atoms with Crippen LogP contribution in [0.4, 0.5) is 8.78 Å². The maximum Gasteiger partial charge on any atom is 0.287 e. The van der Waals surface area contributed by atoms with Crippen LogP contribution in [0, 0.1) is 4.91 Å². The predicted octanol–water partition coefficient (Wildman–Crippen LogP) is 0.990. The lowest BCUT2D eigenvalue weighted by Crippen LogP contribution is -2.16. The Labute approximate surface area is 44.6 Å². The summed E-state index contributed by atoms with van der Waals surface area (Å²) in [4.78, 5) is 9.32. The molecular weight excluding hydrogens is 120 g/mol. The lowest BCUT2D eigenvalue weighted by Gasteiger charge is -2.01. The Hall–Kier alpha value is -0.580. The van der Waals surface area contributed by atoms with Gasteiger partial charge >= 0.3 is 0 Å². The highest BCUT2D eigenvalue weighted by molar-refractivity contribution is 4.52. The fourth-order valence-corrected chi connectivity index (χ4v) is 0.192. The lowest BCUT2D eigenvalue weighted by molar-refractivity contribution is -0.0277. The van der Waals surface area contributed by atoms with Crippen LogP contribution in [-0.4, -0.2) is 19.8 Å². The zero-order valence-corrected chi connectivity index (χ0v) is 4.17. The van der Waals surface area contributed by atoms with Crippen LogP contribution in [0.25, 0.3) is 0 Å². The topological polar surface area (TPSA) is 38.7 Å². The molecule has 5 heteroatoms. The van der Waals surface area contributed by atoms with Gasteiger partial charge in [0.25, 0.3) is 12.7 Å². The van der Waals surface area contributed by atoms with E-state index in [0.29, 0.717) is 0 Å². The Morgan fingerprint density at radius 3 is 2.12 bits per heavy atom. The van der Waals surface area contributed by atoms with E-state index in [1.165, 1.54) is 0 Å². The molecular formula is C3H5F2NO2. The Balaban J connectivity index is 3.51. The summed E-state index contributed by atoms with van der Waals surface area (Å²) in [6, 6.07) is 0. The molecule has 0 aromatic heterocycles. The normalized spacial score (nSPS) is 14.0. The largest absolute Gasteiger partial charge is 0.352 e. The Bertz CT molecular complexity index is 77.7. The molecule has 0 bridgehead atoms. The molecule has 0 aliphatic heterocycles. The van der Waals surface area contributed by atoms with Crippen LogP contribution in [0.15, 0.2) is 5.18 Å². The minimum atomic E-state index is -2.82. The number of nitrogens with zero attached hydrogens (tertiary/aromatic N) is 1. The Kier molecular flexibility index (Phi) is 3.18. The molecule has 0 aliphatic carbocycles. The number of ether oxygens (including phenoxy) is 1. The molecule has 8 heavy (non-hydrogen) atoms. The zero-order chi connectivity index (χ0) is 6.57. The molecule has 0 spiro atoms. The molecule has 48 valence electrons. The van der Waals surface area contributed by atoms with Crippen molar-refractivity contribution in [1.29, 1.82) is 0 Å². The van der Waals surface area contributed by atoms with E-state index in [9.17, 15) is 13.7 Å². The third-order valence-corrected chi connectivity index (χ3v) is 0.561. The molecule has 0 saturated heterocycles. The summed E-state index contributed by atoms with van der Waals surface area (Å²) in [7, 11) is 0.998. The van der Waals surface area contributed by atoms with Crippen LogP contribution in [0.3, 0.4) is 0 Å². The summed E-state index contributed by atoms with van der Waals surface area (Å²) in [6.45, 7) is 0. The lowest BCUT2D eigenvalue weighted by atomic mass is 10.6. The maximum absolute atomic E-state index is 11.3. The number of rotatable bonds is 3. The molecule has 0 fully saturated rings. The van der Waals surface area contributed by atoms with Crippen LogP contribution in [-0.2, 0) is 4.74 Å². The molecule has 1 atom stereocenters. The molecule has 3 nitrogen and oxygen atoms in total. The van der Waals surface area contributed by atoms with Gasteiger partial charge in [-0.2, -0.15) is 0 Å². The van der Waals surface area contributed by atoms with Crippen molar-refractivity contribution in [3.8, 4) is 0 Å². The van der Waals surface area contributed by atoms with Crippen molar-refractivity contribution in [2.24, 2.45) is 5.18 Å². The first-order valence-electron chi connectivity index (χ1n) is 1.85. The van der Waals surface area contributed by atoms with E-state index in [4.69, 9.17) is 0 Å². The number of nitroso groups, excluding NO2 is 1. The van der Waals surface area contributed by atoms with E-state index in [-0.39, 0.29) is 0 Å². The maximum atomic E-state index is 11.3. The van der Waals surface area contributed by atoms with Crippen LogP contribution >= 0.6 is 0 Å². The molecule has 0 saturated carbocycles. The predicted molar refractivity (Wildman–Crippen MR) is 22.6 cm³/mol. The van der Waals surface area contributed by atoms with Crippen molar-refractivity contribution >= 4 is 0 Å². The van der Waals surface area contributed by atoms with E-state index in [1.54, 1.807) is 0 Å². The summed E-state index contributed by atoms with van der Waals surface area (Å²) >= 11 is 0. The SMILES string of the molecule is COC(N=O)C(F)F. The molecule has 0 rings (SSSR count). The highest BCUT2D eigenvalue weighted by Gasteiger charge is 2.18. The minimum absolute atomic E-state index is 0.998. The van der Waals surface area contributed by atoms with Gasteiger partial charge in [-0.15, -0.1) is 4.91 Å².